The Morgan fingerprint density at radius 1 is 1.32 bits per heavy atom. The Morgan fingerprint density at radius 2 is 2.05 bits per heavy atom. The van der Waals surface area contributed by atoms with E-state index in [0.29, 0.717) is 12.1 Å². The smallest absolute Gasteiger partial charge is 0.410 e. The van der Waals surface area contributed by atoms with Crippen LogP contribution < -0.4 is 5.32 Å². The van der Waals surface area contributed by atoms with Gasteiger partial charge >= 0.3 is 6.09 Å². The van der Waals surface area contributed by atoms with Crippen molar-refractivity contribution in [3.63, 3.8) is 0 Å². The number of amides is 1. The minimum Gasteiger partial charge on any atom is -0.444 e. The summed E-state index contributed by atoms with van der Waals surface area (Å²) in [7, 11) is 2.19. The van der Waals surface area contributed by atoms with Crippen LogP contribution in [0.25, 0.3) is 0 Å². The highest BCUT2D eigenvalue weighted by Crippen LogP contribution is 2.28. The number of hydrogen-bond donors (Lipinski definition) is 1. The second kappa shape index (κ2) is 7.64. The van der Waals surface area contributed by atoms with Crippen LogP contribution in [0.2, 0.25) is 0 Å². The van der Waals surface area contributed by atoms with E-state index in [9.17, 15) is 4.79 Å². The molecular weight excluding hydrogens is 278 g/mol. The molecule has 22 heavy (non-hydrogen) atoms. The fraction of sp³-hybridized carbons (Fsp3) is 0.941. The van der Waals surface area contributed by atoms with Crippen LogP contribution in [0.3, 0.4) is 0 Å². The van der Waals surface area contributed by atoms with Gasteiger partial charge in [-0.15, -0.1) is 0 Å². The first-order chi connectivity index (χ1) is 10.3. The fourth-order valence-corrected chi connectivity index (χ4v) is 3.02. The van der Waals surface area contributed by atoms with Crippen molar-refractivity contribution < 1.29 is 9.53 Å². The van der Waals surface area contributed by atoms with Gasteiger partial charge in [-0.2, -0.15) is 0 Å². The zero-order valence-electron chi connectivity index (χ0n) is 14.7. The summed E-state index contributed by atoms with van der Waals surface area (Å²) in [6.45, 7) is 9.91. The predicted octanol–water partition coefficient (Wildman–Crippen LogP) is 2.46. The van der Waals surface area contributed by atoms with Gasteiger partial charge in [-0.25, -0.2) is 4.79 Å². The van der Waals surface area contributed by atoms with Gasteiger partial charge in [0, 0.05) is 25.2 Å². The van der Waals surface area contributed by atoms with Gasteiger partial charge < -0.3 is 19.9 Å². The molecular formula is C17H33N3O2. The van der Waals surface area contributed by atoms with E-state index in [1.54, 1.807) is 0 Å². The number of ether oxygens (including phenoxy) is 1. The van der Waals surface area contributed by atoms with E-state index in [-0.39, 0.29) is 6.09 Å². The molecule has 1 aliphatic carbocycles. The first-order valence-electron chi connectivity index (χ1n) is 8.77. The number of likely N-dealkylation sites (N-methyl/N-ethyl adjacent to an activating group) is 1. The fourth-order valence-electron chi connectivity index (χ4n) is 3.02. The minimum absolute atomic E-state index is 0.146. The van der Waals surface area contributed by atoms with E-state index in [1.165, 1.54) is 19.4 Å². The van der Waals surface area contributed by atoms with Crippen molar-refractivity contribution in [1.82, 2.24) is 15.1 Å². The van der Waals surface area contributed by atoms with Gasteiger partial charge in [0.25, 0.3) is 0 Å². The normalized spacial score (nSPS) is 23.4. The molecule has 0 aromatic carbocycles. The molecule has 0 aromatic heterocycles. The van der Waals surface area contributed by atoms with Gasteiger partial charge in [0.1, 0.15) is 5.60 Å². The second-order valence-corrected chi connectivity index (χ2v) is 7.81. The van der Waals surface area contributed by atoms with Crippen molar-refractivity contribution in [2.45, 2.75) is 70.6 Å². The third-order valence-corrected chi connectivity index (χ3v) is 4.25. The van der Waals surface area contributed by atoms with Crippen molar-refractivity contribution >= 4 is 6.09 Å². The molecule has 128 valence electrons. The Hall–Kier alpha value is -0.810. The van der Waals surface area contributed by atoms with Crippen molar-refractivity contribution in [3.05, 3.63) is 0 Å². The van der Waals surface area contributed by atoms with Gasteiger partial charge in [-0.1, -0.05) is 0 Å². The van der Waals surface area contributed by atoms with Crippen LogP contribution in [-0.2, 0) is 4.74 Å². The standard InChI is InChI=1S/C17H33N3O2/c1-17(2,3)22-16(21)20(15-8-9-15)12-6-10-18-14-7-5-11-19(4)13-14/h14-15,18H,5-13H2,1-4H3. The van der Waals surface area contributed by atoms with E-state index in [2.05, 4.69) is 17.3 Å². The summed E-state index contributed by atoms with van der Waals surface area (Å²) >= 11 is 0. The molecule has 2 aliphatic rings. The molecule has 1 saturated carbocycles. The van der Waals surface area contributed by atoms with Crippen LogP contribution in [0.15, 0.2) is 0 Å². The van der Waals surface area contributed by atoms with Crippen molar-refractivity contribution in [2.75, 3.05) is 33.2 Å². The Labute approximate surface area is 135 Å². The van der Waals surface area contributed by atoms with Gasteiger partial charge in [-0.05, 0) is 73.0 Å². The maximum absolute atomic E-state index is 12.3. The molecule has 2 rings (SSSR count). The molecule has 0 bridgehead atoms. The van der Waals surface area contributed by atoms with Crippen LogP contribution in [-0.4, -0.2) is 66.8 Å². The number of nitrogens with zero attached hydrogens (tertiary/aromatic N) is 2. The molecule has 0 spiro atoms. The summed E-state index contributed by atoms with van der Waals surface area (Å²) in [5, 5.41) is 3.63. The molecule has 1 aliphatic heterocycles. The molecule has 1 atom stereocenters. The number of hydrogen-bond acceptors (Lipinski definition) is 4. The summed E-state index contributed by atoms with van der Waals surface area (Å²) in [4.78, 5) is 16.6. The zero-order valence-corrected chi connectivity index (χ0v) is 14.7. The molecule has 5 heteroatoms. The quantitative estimate of drug-likeness (QED) is 0.765. The number of rotatable bonds is 6. The van der Waals surface area contributed by atoms with Crippen molar-refractivity contribution in [3.8, 4) is 0 Å². The van der Waals surface area contributed by atoms with E-state index < -0.39 is 5.60 Å². The molecule has 0 aromatic rings. The Morgan fingerprint density at radius 3 is 2.64 bits per heavy atom. The zero-order chi connectivity index (χ0) is 16.2. The SMILES string of the molecule is CN1CCCC(NCCCN(C(=O)OC(C)(C)C)C2CC2)C1. The lowest BCUT2D eigenvalue weighted by Crippen LogP contribution is -2.45. The molecule has 5 nitrogen and oxygen atoms in total. The van der Waals surface area contributed by atoms with Crippen molar-refractivity contribution in [1.29, 1.82) is 0 Å². The number of nitrogens with one attached hydrogen (secondary N) is 1. The molecule has 0 radical (unpaired) electrons. The Bertz CT molecular complexity index is 363. The Kier molecular flexibility index (Phi) is 6.09. The number of piperidine rings is 1. The topological polar surface area (TPSA) is 44.8 Å². The average molecular weight is 311 g/mol. The summed E-state index contributed by atoms with van der Waals surface area (Å²) in [5.74, 6) is 0. The van der Waals surface area contributed by atoms with Gasteiger partial charge in [0.05, 0.1) is 0 Å². The van der Waals surface area contributed by atoms with Crippen LogP contribution in [0.4, 0.5) is 4.79 Å². The van der Waals surface area contributed by atoms with E-state index >= 15 is 0 Å². The second-order valence-electron chi connectivity index (χ2n) is 7.81. The molecule has 2 fully saturated rings. The molecule has 1 N–H and O–H groups in total. The van der Waals surface area contributed by atoms with Crippen LogP contribution in [0.5, 0.6) is 0 Å². The van der Waals surface area contributed by atoms with Crippen LogP contribution in [0, 0.1) is 0 Å². The third-order valence-electron chi connectivity index (χ3n) is 4.25. The first-order valence-corrected chi connectivity index (χ1v) is 8.77. The van der Waals surface area contributed by atoms with Crippen LogP contribution >= 0.6 is 0 Å². The first kappa shape index (κ1) is 17.5. The highest BCUT2D eigenvalue weighted by molar-refractivity contribution is 5.69. The summed E-state index contributed by atoms with van der Waals surface area (Å²) in [5.41, 5.74) is -0.408. The lowest BCUT2D eigenvalue weighted by Gasteiger charge is -2.31. The maximum Gasteiger partial charge on any atom is 0.410 e. The van der Waals surface area contributed by atoms with Gasteiger partial charge in [0.2, 0.25) is 0 Å². The average Bonchev–Trinajstić information content (AvgIpc) is 3.21. The lowest BCUT2D eigenvalue weighted by molar-refractivity contribution is 0.0231. The highest BCUT2D eigenvalue weighted by atomic mass is 16.6. The summed E-state index contributed by atoms with van der Waals surface area (Å²) in [6, 6.07) is 1.02. The third kappa shape index (κ3) is 6.13. The number of carbonyl (C=O) groups excluding carboxylic acids is 1. The summed E-state index contributed by atoms with van der Waals surface area (Å²) in [6.07, 6.45) is 5.64. The van der Waals surface area contributed by atoms with E-state index in [4.69, 9.17) is 4.74 Å². The molecule has 1 amide bonds. The predicted molar refractivity (Wildman–Crippen MR) is 89.1 cm³/mol. The lowest BCUT2D eigenvalue weighted by atomic mass is 10.1. The Balaban J connectivity index is 1.67. The van der Waals surface area contributed by atoms with E-state index in [1.807, 2.05) is 25.7 Å². The molecule has 1 saturated heterocycles. The molecule has 1 heterocycles. The largest absolute Gasteiger partial charge is 0.444 e. The van der Waals surface area contributed by atoms with Crippen LogP contribution in [0.1, 0.15) is 52.9 Å². The number of carbonyl (C=O) groups is 1. The van der Waals surface area contributed by atoms with E-state index in [0.717, 1.165) is 38.9 Å². The van der Waals surface area contributed by atoms with Gasteiger partial charge in [0.15, 0.2) is 0 Å². The molecule has 1 unspecified atom stereocenters. The van der Waals surface area contributed by atoms with Gasteiger partial charge in [-0.3, -0.25) is 0 Å². The maximum atomic E-state index is 12.3. The van der Waals surface area contributed by atoms with Crippen molar-refractivity contribution in [2.24, 2.45) is 0 Å². The monoisotopic (exact) mass is 311 g/mol. The minimum atomic E-state index is -0.408. The summed E-state index contributed by atoms with van der Waals surface area (Å²) < 4.78 is 5.52. The highest BCUT2D eigenvalue weighted by Gasteiger charge is 2.34. The number of likely N-dealkylation sites (tertiary alicyclic amines) is 1.